The van der Waals surface area contributed by atoms with Crippen molar-refractivity contribution in [3.63, 3.8) is 0 Å². The zero-order chi connectivity index (χ0) is 19.8. The van der Waals surface area contributed by atoms with Crippen LogP contribution in [-0.2, 0) is 9.59 Å². The standard InChI is InChI=1S/C21H27N3O3/c1-5-24(17-9-7-6-8-10-17)20(25)14-22-18-12-11-16(2)13-19(18)27-15-21(26)23(3)4/h6-13,22H,5,14-15H2,1-4H3. The molecule has 0 saturated heterocycles. The highest BCUT2D eigenvalue weighted by molar-refractivity contribution is 5.96. The van der Waals surface area contributed by atoms with E-state index >= 15 is 0 Å². The molecular weight excluding hydrogens is 342 g/mol. The van der Waals surface area contributed by atoms with Gasteiger partial charge in [-0.1, -0.05) is 24.3 Å². The predicted octanol–water partition coefficient (Wildman–Crippen LogP) is 2.93. The SMILES string of the molecule is CCN(C(=O)CNc1ccc(C)cc1OCC(=O)N(C)C)c1ccccc1. The summed E-state index contributed by atoms with van der Waals surface area (Å²) in [7, 11) is 3.37. The van der Waals surface area contributed by atoms with Gasteiger partial charge in [-0.2, -0.15) is 0 Å². The first-order valence-corrected chi connectivity index (χ1v) is 8.95. The molecule has 0 aliphatic heterocycles. The van der Waals surface area contributed by atoms with Gasteiger partial charge >= 0.3 is 0 Å². The summed E-state index contributed by atoms with van der Waals surface area (Å²) in [6, 6.07) is 15.2. The molecule has 0 aliphatic rings. The van der Waals surface area contributed by atoms with E-state index in [1.165, 1.54) is 4.90 Å². The van der Waals surface area contributed by atoms with E-state index in [1.807, 2.05) is 62.4 Å². The first-order valence-electron chi connectivity index (χ1n) is 8.95. The van der Waals surface area contributed by atoms with Crippen molar-refractivity contribution in [1.82, 2.24) is 4.90 Å². The molecule has 144 valence electrons. The Kier molecular flexibility index (Phi) is 7.23. The summed E-state index contributed by atoms with van der Waals surface area (Å²) >= 11 is 0. The summed E-state index contributed by atoms with van der Waals surface area (Å²) in [5, 5.41) is 3.14. The van der Waals surface area contributed by atoms with Gasteiger partial charge in [0.25, 0.3) is 5.91 Å². The van der Waals surface area contributed by atoms with E-state index in [0.717, 1.165) is 11.3 Å². The van der Waals surface area contributed by atoms with Crippen molar-refractivity contribution >= 4 is 23.2 Å². The van der Waals surface area contributed by atoms with Gasteiger partial charge in [-0.05, 0) is 43.7 Å². The molecule has 2 aromatic carbocycles. The van der Waals surface area contributed by atoms with Gasteiger partial charge in [0.05, 0.1) is 12.2 Å². The minimum absolute atomic E-state index is 0.0420. The second-order valence-electron chi connectivity index (χ2n) is 6.40. The number of carbonyl (C=O) groups excluding carboxylic acids is 2. The molecule has 0 atom stereocenters. The smallest absolute Gasteiger partial charge is 0.259 e. The first-order chi connectivity index (χ1) is 12.9. The Bertz CT molecular complexity index is 775. The number of benzene rings is 2. The van der Waals surface area contributed by atoms with Gasteiger partial charge < -0.3 is 19.9 Å². The fourth-order valence-electron chi connectivity index (χ4n) is 2.54. The number of para-hydroxylation sites is 1. The average Bonchev–Trinajstić information content (AvgIpc) is 2.66. The lowest BCUT2D eigenvalue weighted by Crippen LogP contribution is -2.35. The number of aryl methyl sites for hydroxylation is 1. The Hall–Kier alpha value is -3.02. The van der Waals surface area contributed by atoms with Crippen LogP contribution in [-0.4, -0.2) is 50.5 Å². The molecule has 0 bridgehead atoms. The minimum Gasteiger partial charge on any atom is -0.482 e. The third-order valence-corrected chi connectivity index (χ3v) is 4.10. The van der Waals surface area contributed by atoms with Crippen molar-refractivity contribution in [1.29, 1.82) is 0 Å². The number of hydrogen-bond donors (Lipinski definition) is 1. The molecule has 2 rings (SSSR count). The maximum Gasteiger partial charge on any atom is 0.259 e. The molecule has 2 amide bonds. The van der Waals surface area contributed by atoms with Crippen molar-refractivity contribution in [2.24, 2.45) is 0 Å². The van der Waals surface area contributed by atoms with Crippen molar-refractivity contribution in [3.8, 4) is 5.75 Å². The molecule has 0 saturated carbocycles. The van der Waals surface area contributed by atoms with E-state index < -0.39 is 0 Å². The van der Waals surface area contributed by atoms with E-state index in [4.69, 9.17) is 4.74 Å². The number of nitrogens with zero attached hydrogens (tertiary/aromatic N) is 2. The number of anilines is 2. The van der Waals surface area contributed by atoms with Crippen LogP contribution in [0.25, 0.3) is 0 Å². The minimum atomic E-state index is -0.125. The van der Waals surface area contributed by atoms with Crippen LogP contribution in [0.5, 0.6) is 5.75 Å². The number of carbonyl (C=O) groups is 2. The van der Waals surface area contributed by atoms with Gasteiger partial charge in [-0.3, -0.25) is 9.59 Å². The Labute approximate surface area is 160 Å². The van der Waals surface area contributed by atoms with Crippen LogP contribution in [0.1, 0.15) is 12.5 Å². The van der Waals surface area contributed by atoms with Gasteiger partial charge in [-0.25, -0.2) is 0 Å². The molecular formula is C21H27N3O3. The van der Waals surface area contributed by atoms with E-state index in [0.29, 0.717) is 18.0 Å². The lowest BCUT2D eigenvalue weighted by Gasteiger charge is -2.22. The van der Waals surface area contributed by atoms with E-state index in [-0.39, 0.29) is 25.0 Å². The molecule has 2 aromatic rings. The summed E-state index contributed by atoms with van der Waals surface area (Å²) in [6.07, 6.45) is 0. The lowest BCUT2D eigenvalue weighted by atomic mass is 10.2. The zero-order valence-corrected chi connectivity index (χ0v) is 16.4. The number of rotatable bonds is 8. The maximum absolute atomic E-state index is 12.6. The monoisotopic (exact) mass is 369 g/mol. The van der Waals surface area contributed by atoms with Crippen LogP contribution in [0.2, 0.25) is 0 Å². The molecule has 0 fully saturated rings. The first kappa shape index (κ1) is 20.3. The molecule has 0 aliphatic carbocycles. The molecule has 1 N–H and O–H groups in total. The molecule has 6 nitrogen and oxygen atoms in total. The number of nitrogens with one attached hydrogen (secondary N) is 1. The highest BCUT2D eigenvalue weighted by Gasteiger charge is 2.15. The second kappa shape index (κ2) is 9.62. The maximum atomic E-state index is 12.6. The summed E-state index contributed by atoms with van der Waals surface area (Å²) in [5.74, 6) is 0.389. The van der Waals surface area contributed by atoms with Gasteiger partial charge in [0.1, 0.15) is 5.75 Å². The van der Waals surface area contributed by atoms with E-state index in [2.05, 4.69) is 5.32 Å². The summed E-state index contributed by atoms with van der Waals surface area (Å²) in [6.45, 7) is 4.55. The van der Waals surface area contributed by atoms with Gasteiger partial charge in [0, 0.05) is 26.3 Å². The fourth-order valence-corrected chi connectivity index (χ4v) is 2.54. The van der Waals surface area contributed by atoms with Crippen LogP contribution < -0.4 is 15.0 Å². The Balaban J connectivity index is 2.06. The highest BCUT2D eigenvalue weighted by Crippen LogP contribution is 2.26. The van der Waals surface area contributed by atoms with Crippen LogP contribution in [0.15, 0.2) is 48.5 Å². The van der Waals surface area contributed by atoms with Crippen LogP contribution >= 0.6 is 0 Å². The van der Waals surface area contributed by atoms with Gasteiger partial charge in [0.15, 0.2) is 6.61 Å². The normalized spacial score (nSPS) is 10.2. The molecule has 0 spiro atoms. The largest absolute Gasteiger partial charge is 0.482 e. The van der Waals surface area contributed by atoms with Crippen LogP contribution in [0, 0.1) is 6.92 Å². The zero-order valence-electron chi connectivity index (χ0n) is 16.4. The quantitative estimate of drug-likeness (QED) is 0.777. The Morgan fingerprint density at radius 3 is 2.37 bits per heavy atom. The Morgan fingerprint density at radius 2 is 1.74 bits per heavy atom. The van der Waals surface area contributed by atoms with Crippen molar-refractivity contribution in [3.05, 3.63) is 54.1 Å². The number of hydrogen-bond acceptors (Lipinski definition) is 4. The Morgan fingerprint density at radius 1 is 1.04 bits per heavy atom. The molecule has 0 radical (unpaired) electrons. The van der Waals surface area contributed by atoms with Crippen molar-refractivity contribution in [2.75, 3.05) is 44.0 Å². The van der Waals surface area contributed by atoms with Crippen molar-refractivity contribution < 1.29 is 14.3 Å². The number of ether oxygens (including phenoxy) is 1. The average molecular weight is 369 g/mol. The molecule has 27 heavy (non-hydrogen) atoms. The summed E-state index contributed by atoms with van der Waals surface area (Å²) < 4.78 is 5.67. The topological polar surface area (TPSA) is 61.9 Å². The lowest BCUT2D eigenvalue weighted by molar-refractivity contribution is -0.130. The molecule has 6 heteroatoms. The summed E-state index contributed by atoms with van der Waals surface area (Å²) in [5.41, 5.74) is 2.56. The van der Waals surface area contributed by atoms with Gasteiger partial charge in [-0.15, -0.1) is 0 Å². The predicted molar refractivity (Wildman–Crippen MR) is 108 cm³/mol. The van der Waals surface area contributed by atoms with Crippen LogP contribution in [0.3, 0.4) is 0 Å². The van der Waals surface area contributed by atoms with E-state index in [9.17, 15) is 9.59 Å². The van der Waals surface area contributed by atoms with Gasteiger partial charge in [0.2, 0.25) is 5.91 Å². The highest BCUT2D eigenvalue weighted by atomic mass is 16.5. The van der Waals surface area contributed by atoms with E-state index in [1.54, 1.807) is 19.0 Å². The number of amides is 2. The third-order valence-electron chi connectivity index (χ3n) is 4.10. The number of likely N-dealkylation sites (N-methyl/N-ethyl adjacent to an activating group) is 2. The molecule has 0 unspecified atom stereocenters. The fraction of sp³-hybridized carbons (Fsp3) is 0.333. The summed E-state index contributed by atoms with van der Waals surface area (Å²) in [4.78, 5) is 27.6. The molecule has 0 heterocycles. The van der Waals surface area contributed by atoms with Crippen molar-refractivity contribution in [2.45, 2.75) is 13.8 Å². The molecule has 0 aromatic heterocycles. The third kappa shape index (κ3) is 5.74. The second-order valence-corrected chi connectivity index (χ2v) is 6.40. The van der Waals surface area contributed by atoms with Crippen LogP contribution in [0.4, 0.5) is 11.4 Å².